The normalized spacial score (nSPS) is 13.4. The molecular weight excluding hydrogens is 482 g/mol. The van der Waals surface area contributed by atoms with Gasteiger partial charge in [-0.05, 0) is 83.0 Å². The van der Waals surface area contributed by atoms with Crippen LogP contribution >= 0.6 is 0 Å². The zero-order valence-corrected chi connectivity index (χ0v) is 21.7. The Morgan fingerprint density at radius 3 is 1.76 bits per heavy atom. The van der Waals surface area contributed by atoms with E-state index in [1.165, 1.54) is 5.56 Å². The minimum Gasteiger partial charge on any atom is -0.457 e. The van der Waals surface area contributed by atoms with Crippen LogP contribution in [0.1, 0.15) is 46.8 Å². The number of sulfonamides is 1. The van der Waals surface area contributed by atoms with Crippen LogP contribution in [0, 0.1) is 0 Å². The van der Waals surface area contributed by atoms with Crippen molar-refractivity contribution in [1.29, 1.82) is 0 Å². The van der Waals surface area contributed by atoms with Crippen LogP contribution < -0.4 is 9.46 Å². The van der Waals surface area contributed by atoms with Gasteiger partial charge >= 0.3 is 0 Å². The number of carbonyl (C=O) groups is 1. The Morgan fingerprint density at radius 2 is 1.24 bits per heavy atom. The first kappa shape index (κ1) is 24.8. The third-order valence-corrected chi connectivity index (χ3v) is 8.49. The van der Waals surface area contributed by atoms with Crippen LogP contribution in [0.15, 0.2) is 97.1 Å². The molecule has 4 aromatic carbocycles. The van der Waals surface area contributed by atoms with Gasteiger partial charge in [0.1, 0.15) is 11.5 Å². The molecule has 4 aromatic rings. The molecule has 37 heavy (non-hydrogen) atoms. The first-order valence-corrected chi connectivity index (χ1v) is 13.9. The highest BCUT2D eigenvalue weighted by atomic mass is 32.2. The van der Waals surface area contributed by atoms with Gasteiger partial charge in [0.15, 0.2) is 0 Å². The predicted octanol–water partition coefficient (Wildman–Crippen LogP) is 6.50. The van der Waals surface area contributed by atoms with E-state index in [9.17, 15) is 13.2 Å². The molecule has 5 nitrogen and oxygen atoms in total. The van der Waals surface area contributed by atoms with E-state index < -0.39 is 21.2 Å². The van der Waals surface area contributed by atoms with Crippen molar-refractivity contribution in [2.75, 3.05) is 0 Å². The minimum absolute atomic E-state index is 0.299. The lowest BCUT2D eigenvalue weighted by atomic mass is 10.0. The second-order valence-electron chi connectivity index (χ2n) is 9.70. The van der Waals surface area contributed by atoms with Crippen molar-refractivity contribution in [1.82, 2.24) is 4.72 Å². The van der Waals surface area contributed by atoms with Crippen LogP contribution in [0.25, 0.3) is 11.1 Å². The van der Waals surface area contributed by atoms with E-state index in [1.54, 1.807) is 12.1 Å². The fourth-order valence-corrected chi connectivity index (χ4v) is 5.94. The Kier molecular flexibility index (Phi) is 6.85. The second kappa shape index (κ2) is 10.2. The first-order valence-electron chi connectivity index (χ1n) is 12.4. The number of hydrogen-bond donors (Lipinski definition) is 1. The molecule has 1 aliphatic carbocycles. The largest absolute Gasteiger partial charge is 0.457 e. The van der Waals surface area contributed by atoms with Crippen molar-refractivity contribution in [3.63, 3.8) is 0 Å². The van der Waals surface area contributed by atoms with Gasteiger partial charge < -0.3 is 4.74 Å². The molecular formula is C31H29NO4S. The second-order valence-corrected chi connectivity index (χ2v) is 11.7. The van der Waals surface area contributed by atoms with Gasteiger partial charge in [-0.1, -0.05) is 74.5 Å². The van der Waals surface area contributed by atoms with Crippen molar-refractivity contribution in [3.8, 4) is 22.6 Å². The lowest BCUT2D eigenvalue weighted by molar-refractivity contribution is 0.0981. The molecule has 5 rings (SSSR count). The molecule has 0 saturated carbocycles. The maximum absolute atomic E-state index is 12.8. The highest BCUT2D eigenvalue weighted by Gasteiger charge is 2.33. The zero-order chi connectivity index (χ0) is 26.0. The van der Waals surface area contributed by atoms with Crippen LogP contribution in [0.5, 0.6) is 11.5 Å². The standard InChI is InChI=1S/C31H29NO4S/c1-21(2)22-11-15-28(16-12-22)36-29-17-13-24(14-18-29)23-7-9-25(10-8-23)31(33)32-37(34,35)30-19-26-5-3-4-6-27(26)20-30/h3-18,21,30H,19-20H2,1-2H3,(H,32,33). The number of ether oxygens (including phenoxy) is 1. The molecule has 0 atom stereocenters. The number of amides is 1. The molecule has 0 fully saturated rings. The number of hydrogen-bond acceptors (Lipinski definition) is 4. The number of carbonyl (C=O) groups excluding carboxylic acids is 1. The van der Waals surface area contributed by atoms with Crippen molar-refractivity contribution in [2.45, 2.75) is 37.9 Å². The van der Waals surface area contributed by atoms with E-state index in [0.717, 1.165) is 33.8 Å². The zero-order valence-electron chi connectivity index (χ0n) is 20.8. The molecule has 1 N–H and O–H groups in total. The van der Waals surface area contributed by atoms with E-state index in [2.05, 4.69) is 30.7 Å². The van der Waals surface area contributed by atoms with Crippen molar-refractivity contribution < 1.29 is 17.9 Å². The quantitative estimate of drug-likeness (QED) is 0.308. The van der Waals surface area contributed by atoms with Gasteiger partial charge in [-0.25, -0.2) is 13.1 Å². The lowest BCUT2D eigenvalue weighted by Crippen LogP contribution is -2.38. The number of benzene rings is 4. The molecule has 0 spiro atoms. The Balaban J connectivity index is 1.21. The predicted molar refractivity (Wildman–Crippen MR) is 147 cm³/mol. The molecule has 1 amide bonds. The summed E-state index contributed by atoms with van der Waals surface area (Å²) in [4.78, 5) is 12.7. The summed E-state index contributed by atoms with van der Waals surface area (Å²) in [6.07, 6.45) is 0.835. The van der Waals surface area contributed by atoms with Gasteiger partial charge in [-0.2, -0.15) is 0 Å². The SMILES string of the molecule is CC(C)c1ccc(Oc2ccc(-c3ccc(C(=O)NS(=O)(=O)C4Cc5ccccc5C4)cc3)cc2)cc1. The third kappa shape index (κ3) is 5.59. The number of rotatable bonds is 7. The summed E-state index contributed by atoms with van der Waals surface area (Å²) in [5, 5.41) is -0.637. The van der Waals surface area contributed by atoms with Gasteiger partial charge in [0, 0.05) is 5.56 Å². The number of nitrogens with one attached hydrogen (secondary N) is 1. The molecule has 0 unspecified atom stereocenters. The fourth-order valence-electron chi connectivity index (χ4n) is 4.60. The van der Waals surface area contributed by atoms with Crippen LogP contribution in [-0.4, -0.2) is 19.6 Å². The molecule has 0 saturated heterocycles. The van der Waals surface area contributed by atoms with Gasteiger partial charge in [0.25, 0.3) is 5.91 Å². The molecule has 1 aliphatic rings. The molecule has 0 heterocycles. The average Bonchev–Trinajstić information content (AvgIpc) is 3.35. The van der Waals surface area contributed by atoms with E-state index in [-0.39, 0.29) is 0 Å². The van der Waals surface area contributed by atoms with E-state index >= 15 is 0 Å². The van der Waals surface area contributed by atoms with E-state index in [4.69, 9.17) is 4.74 Å². The first-order chi connectivity index (χ1) is 17.8. The highest BCUT2D eigenvalue weighted by Crippen LogP contribution is 2.28. The minimum atomic E-state index is -3.79. The summed E-state index contributed by atoms with van der Waals surface area (Å²) in [6, 6.07) is 30.4. The summed E-state index contributed by atoms with van der Waals surface area (Å²) in [6.45, 7) is 4.32. The van der Waals surface area contributed by atoms with Gasteiger partial charge in [-0.3, -0.25) is 4.79 Å². The summed E-state index contributed by atoms with van der Waals surface area (Å²) in [5.74, 6) is 1.37. The molecule has 6 heteroatoms. The van der Waals surface area contributed by atoms with E-state index in [1.807, 2.05) is 72.8 Å². The summed E-state index contributed by atoms with van der Waals surface area (Å²) in [5.41, 5.74) is 5.49. The number of fused-ring (bicyclic) bond motifs is 1. The molecule has 188 valence electrons. The average molecular weight is 512 g/mol. The fraction of sp³-hybridized carbons (Fsp3) is 0.194. The third-order valence-electron chi connectivity index (χ3n) is 6.80. The van der Waals surface area contributed by atoms with Crippen molar-refractivity contribution in [2.24, 2.45) is 0 Å². The van der Waals surface area contributed by atoms with E-state index in [0.29, 0.717) is 24.3 Å². The molecule has 0 bridgehead atoms. The van der Waals surface area contributed by atoms with Crippen LogP contribution in [0.2, 0.25) is 0 Å². The lowest BCUT2D eigenvalue weighted by Gasteiger charge is -2.13. The summed E-state index contributed by atoms with van der Waals surface area (Å²) in [7, 11) is -3.79. The summed E-state index contributed by atoms with van der Waals surface area (Å²) < 4.78 is 33.9. The van der Waals surface area contributed by atoms with Crippen LogP contribution in [0.3, 0.4) is 0 Å². The van der Waals surface area contributed by atoms with Crippen LogP contribution in [-0.2, 0) is 22.9 Å². The van der Waals surface area contributed by atoms with Gasteiger partial charge in [0.05, 0.1) is 5.25 Å². The monoisotopic (exact) mass is 511 g/mol. The molecule has 0 aliphatic heterocycles. The summed E-state index contributed by atoms with van der Waals surface area (Å²) >= 11 is 0. The maximum atomic E-state index is 12.8. The Hall–Kier alpha value is -3.90. The van der Waals surface area contributed by atoms with Gasteiger partial charge in [-0.15, -0.1) is 0 Å². The molecule has 0 radical (unpaired) electrons. The van der Waals surface area contributed by atoms with Crippen molar-refractivity contribution in [3.05, 3.63) is 119 Å². The van der Waals surface area contributed by atoms with Crippen LogP contribution in [0.4, 0.5) is 0 Å². The Bertz CT molecular complexity index is 1480. The Morgan fingerprint density at radius 1 is 0.757 bits per heavy atom. The van der Waals surface area contributed by atoms with Crippen molar-refractivity contribution >= 4 is 15.9 Å². The molecule has 0 aromatic heterocycles. The smallest absolute Gasteiger partial charge is 0.264 e. The topological polar surface area (TPSA) is 72.5 Å². The maximum Gasteiger partial charge on any atom is 0.264 e. The highest BCUT2D eigenvalue weighted by molar-refractivity contribution is 7.90. The Labute approximate surface area is 218 Å². The van der Waals surface area contributed by atoms with Gasteiger partial charge in [0.2, 0.25) is 10.0 Å².